The molecule has 0 unspecified atom stereocenters. The third-order valence-electron chi connectivity index (χ3n) is 5.81. The largest absolute Gasteiger partial charge is 0.488 e. The second-order valence-corrected chi connectivity index (χ2v) is 9.96. The van der Waals surface area contributed by atoms with Crippen molar-refractivity contribution in [3.63, 3.8) is 0 Å². The summed E-state index contributed by atoms with van der Waals surface area (Å²) < 4.78 is 11.3. The van der Waals surface area contributed by atoms with Crippen molar-refractivity contribution in [2.75, 3.05) is 5.75 Å². The van der Waals surface area contributed by atoms with Crippen LogP contribution in [0.1, 0.15) is 52.3 Å². The van der Waals surface area contributed by atoms with Crippen molar-refractivity contribution in [3.05, 3.63) is 76.2 Å². The summed E-state index contributed by atoms with van der Waals surface area (Å²) in [7, 11) is 0. The Kier molecular flexibility index (Phi) is 6.34. The summed E-state index contributed by atoms with van der Waals surface area (Å²) in [5, 5.41) is 4.69. The van der Waals surface area contributed by atoms with Gasteiger partial charge >= 0.3 is 0 Å². The van der Waals surface area contributed by atoms with Crippen molar-refractivity contribution in [3.8, 4) is 5.75 Å². The van der Waals surface area contributed by atoms with Gasteiger partial charge in [-0.2, -0.15) is 0 Å². The highest BCUT2D eigenvalue weighted by molar-refractivity contribution is 8.14. The molecule has 1 aliphatic rings. The number of carbonyl (C=O) groups is 1. The monoisotopic (exact) mass is 463 g/mol. The average Bonchev–Trinajstić information content (AvgIpc) is 3.26. The zero-order valence-corrected chi connectivity index (χ0v) is 20.7. The molecule has 172 valence electrons. The van der Waals surface area contributed by atoms with E-state index in [0.29, 0.717) is 16.5 Å². The minimum atomic E-state index is -0.382. The fraction of sp³-hybridized carbons (Fsp3) is 0.346. The van der Waals surface area contributed by atoms with Gasteiger partial charge in [-0.15, -0.1) is 0 Å². The van der Waals surface area contributed by atoms with Crippen LogP contribution in [0.2, 0.25) is 0 Å². The van der Waals surface area contributed by atoms with Crippen molar-refractivity contribution in [2.24, 2.45) is 4.99 Å². The molecule has 3 aromatic rings. The Morgan fingerprint density at radius 3 is 2.67 bits per heavy atom. The highest BCUT2D eigenvalue weighted by Crippen LogP contribution is 2.37. The van der Waals surface area contributed by atoms with Crippen LogP contribution in [0.25, 0.3) is 0 Å². The third kappa shape index (κ3) is 4.69. The Morgan fingerprint density at radius 2 is 1.94 bits per heavy atom. The molecule has 1 saturated heterocycles. The number of thioether (sulfide) groups is 1. The number of carbonyl (C=O) groups excluding carboxylic acids is 1. The van der Waals surface area contributed by atoms with Crippen molar-refractivity contribution in [1.82, 2.24) is 10.1 Å². The second kappa shape index (κ2) is 9.06. The molecule has 0 spiro atoms. The predicted octanol–water partition coefficient (Wildman–Crippen LogP) is 6.14. The maximum atomic E-state index is 13.9. The topological polar surface area (TPSA) is 67.9 Å². The molecule has 1 aromatic heterocycles. The summed E-state index contributed by atoms with van der Waals surface area (Å²) in [6, 6.07) is 13.5. The normalized spacial score (nSPS) is 16.4. The van der Waals surface area contributed by atoms with Gasteiger partial charge in [0.25, 0.3) is 5.91 Å². The average molecular weight is 464 g/mol. The van der Waals surface area contributed by atoms with Crippen molar-refractivity contribution in [1.29, 1.82) is 0 Å². The fourth-order valence-electron chi connectivity index (χ4n) is 3.76. The lowest BCUT2D eigenvalue weighted by molar-refractivity contribution is 0.0762. The Hall–Kier alpha value is -3.06. The van der Waals surface area contributed by atoms with E-state index in [1.165, 1.54) is 0 Å². The quantitative estimate of drug-likeness (QED) is 0.454. The van der Waals surface area contributed by atoms with E-state index < -0.39 is 0 Å². The number of aryl methyl sites for hydroxylation is 4. The van der Waals surface area contributed by atoms with Crippen LogP contribution in [0.3, 0.4) is 0 Å². The lowest BCUT2D eigenvalue weighted by atomic mass is 10.0. The van der Waals surface area contributed by atoms with Gasteiger partial charge in [-0.05, 0) is 70.9 Å². The van der Waals surface area contributed by atoms with E-state index in [1.807, 2.05) is 45.9 Å². The van der Waals surface area contributed by atoms with Crippen LogP contribution in [0.4, 0.5) is 5.69 Å². The maximum absolute atomic E-state index is 13.9. The van der Waals surface area contributed by atoms with Crippen LogP contribution in [0, 0.1) is 27.7 Å². The first-order valence-electron chi connectivity index (χ1n) is 10.9. The molecule has 0 bridgehead atoms. The van der Waals surface area contributed by atoms with Crippen molar-refractivity contribution < 1.29 is 14.1 Å². The molecule has 7 heteroatoms. The molecule has 0 aliphatic carbocycles. The summed E-state index contributed by atoms with van der Waals surface area (Å²) in [5.74, 6) is 1.89. The SMILES string of the molecule is Cc1ccc(C)c(N=C2SCC(C)(C)N2C(=O)c2ccccc2OCc2c(C)noc2C)c1. The van der Waals surface area contributed by atoms with Crippen LogP contribution < -0.4 is 4.74 Å². The van der Waals surface area contributed by atoms with Crippen molar-refractivity contribution in [2.45, 2.75) is 53.7 Å². The molecule has 4 rings (SSSR count). The van der Waals surface area contributed by atoms with Gasteiger partial charge < -0.3 is 9.26 Å². The second-order valence-electron chi connectivity index (χ2n) is 9.01. The fourth-order valence-corrected chi connectivity index (χ4v) is 5.00. The Balaban J connectivity index is 1.67. The van der Waals surface area contributed by atoms with Gasteiger partial charge in [0, 0.05) is 5.75 Å². The smallest absolute Gasteiger partial charge is 0.264 e. The first-order valence-corrected chi connectivity index (χ1v) is 11.9. The Morgan fingerprint density at radius 1 is 1.18 bits per heavy atom. The lowest BCUT2D eigenvalue weighted by Crippen LogP contribution is -2.46. The third-order valence-corrected chi connectivity index (χ3v) is 7.19. The van der Waals surface area contributed by atoms with Crippen LogP contribution in [0.15, 0.2) is 52.0 Å². The molecule has 2 aromatic carbocycles. The van der Waals surface area contributed by atoms with Gasteiger partial charge in [-0.3, -0.25) is 9.69 Å². The van der Waals surface area contributed by atoms with E-state index in [-0.39, 0.29) is 18.1 Å². The number of hydrogen-bond donors (Lipinski definition) is 0. The van der Waals surface area contributed by atoms with Crippen LogP contribution in [-0.4, -0.2) is 32.4 Å². The zero-order valence-electron chi connectivity index (χ0n) is 19.9. The Bertz CT molecular complexity index is 1210. The summed E-state index contributed by atoms with van der Waals surface area (Å²) >= 11 is 1.60. The molecule has 1 aliphatic heterocycles. The maximum Gasteiger partial charge on any atom is 0.264 e. The number of benzene rings is 2. The lowest BCUT2D eigenvalue weighted by Gasteiger charge is -2.31. The molecule has 1 fully saturated rings. The van der Waals surface area contributed by atoms with Gasteiger partial charge in [0.05, 0.1) is 28.0 Å². The number of ether oxygens (including phenoxy) is 1. The standard InChI is InChI=1S/C26H29N3O3S/c1-16-11-12-17(2)22(13-16)27-25-29(26(5,6)15-33-25)24(30)20-9-7-8-10-23(20)31-14-21-18(3)28-32-19(21)4/h7-13H,14-15H2,1-6H3. The number of aromatic nitrogens is 1. The molecule has 1 amide bonds. The van der Waals surface area contributed by atoms with E-state index in [2.05, 4.69) is 37.2 Å². The number of amides is 1. The van der Waals surface area contributed by atoms with Crippen LogP contribution >= 0.6 is 11.8 Å². The predicted molar refractivity (Wildman–Crippen MR) is 132 cm³/mol. The number of rotatable bonds is 5. The van der Waals surface area contributed by atoms with E-state index in [4.69, 9.17) is 14.3 Å². The van der Waals surface area contributed by atoms with Gasteiger partial charge in [0.1, 0.15) is 18.1 Å². The minimum absolute atomic E-state index is 0.122. The summed E-state index contributed by atoms with van der Waals surface area (Å²) in [6.45, 7) is 12.2. The highest BCUT2D eigenvalue weighted by atomic mass is 32.2. The number of aliphatic imine (C=N–C) groups is 1. The van der Waals surface area contributed by atoms with Gasteiger partial charge in [-0.25, -0.2) is 4.99 Å². The summed E-state index contributed by atoms with van der Waals surface area (Å²) in [4.78, 5) is 20.6. The van der Waals surface area contributed by atoms with Gasteiger partial charge in [0.2, 0.25) is 0 Å². The van der Waals surface area contributed by atoms with E-state index in [9.17, 15) is 4.79 Å². The molecule has 33 heavy (non-hydrogen) atoms. The molecule has 2 heterocycles. The molecular formula is C26H29N3O3S. The highest BCUT2D eigenvalue weighted by Gasteiger charge is 2.42. The first-order chi connectivity index (χ1) is 15.7. The number of amidine groups is 1. The van der Waals surface area contributed by atoms with Crippen molar-refractivity contribution >= 4 is 28.5 Å². The van der Waals surface area contributed by atoms with Gasteiger partial charge in [0.15, 0.2) is 5.17 Å². The Labute approximate surface area is 199 Å². The van der Waals surface area contributed by atoms with E-state index in [0.717, 1.165) is 39.6 Å². The molecule has 6 nitrogen and oxygen atoms in total. The number of nitrogens with zero attached hydrogens (tertiary/aromatic N) is 3. The molecular weight excluding hydrogens is 434 g/mol. The zero-order chi connectivity index (χ0) is 23.8. The molecule has 0 radical (unpaired) electrons. The van der Waals surface area contributed by atoms with Crippen LogP contribution in [-0.2, 0) is 6.61 Å². The summed E-state index contributed by atoms with van der Waals surface area (Å²) in [6.07, 6.45) is 0. The van der Waals surface area contributed by atoms with Crippen LogP contribution in [0.5, 0.6) is 5.75 Å². The number of para-hydroxylation sites is 1. The number of hydrogen-bond acceptors (Lipinski definition) is 6. The summed E-state index contributed by atoms with van der Waals surface area (Å²) in [5.41, 5.74) is 4.91. The molecule has 0 saturated carbocycles. The molecule has 0 N–H and O–H groups in total. The van der Waals surface area contributed by atoms with E-state index >= 15 is 0 Å². The van der Waals surface area contributed by atoms with Gasteiger partial charge in [-0.1, -0.05) is 41.2 Å². The molecule has 0 atom stereocenters. The first kappa shape index (κ1) is 23.1. The van der Waals surface area contributed by atoms with E-state index in [1.54, 1.807) is 22.7 Å². The minimum Gasteiger partial charge on any atom is -0.488 e.